The second kappa shape index (κ2) is 5.90. The van der Waals surface area contributed by atoms with Crippen LogP contribution in [-0.2, 0) is 18.6 Å². The molecule has 21 heavy (non-hydrogen) atoms. The van der Waals surface area contributed by atoms with E-state index in [1.165, 1.54) is 5.56 Å². The van der Waals surface area contributed by atoms with Crippen LogP contribution >= 0.6 is 0 Å². The fourth-order valence-electron chi connectivity index (χ4n) is 3.19. The Labute approximate surface area is 125 Å². The molecule has 1 aliphatic heterocycles. The number of rotatable bonds is 5. The van der Waals surface area contributed by atoms with Crippen molar-refractivity contribution in [2.45, 2.75) is 44.2 Å². The Bertz CT molecular complexity index is 591. The molecule has 2 heterocycles. The molecular formula is C17H22N2O2. The smallest absolute Gasteiger partial charge is 0.118 e. The summed E-state index contributed by atoms with van der Waals surface area (Å²) >= 11 is 0. The quantitative estimate of drug-likeness (QED) is 0.919. The van der Waals surface area contributed by atoms with Gasteiger partial charge in [0.05, 0.1) is 25.3 Å². The number of aromatic nitrogens is 2. The van der Waals surface area contributed by atoms with Gasteiger partial charge in [0.2, 0.25) is 0 Å². The molecule has 4 nitrogen and oxygen atoms in total. The summed E-state index contributed by atoms with van der Waals surface area (Å²) in [6.45, 7) is 0.968. The normalized spacial score (nSPS) is 21.0. The number of methoxy groups -OCH3 is 1. The molecule has 112 valence electrons. The summed E-state index contributed by atoms with van der Waals surface area (Å²) in [6, 6.07) is 8.15. The van der Waals surface area contributed by atoms with Crippen LogP contribution in [0.3, 0.4) is 0 Å². The van der Waals surface area contributed by atoms with Gasteiger partial charge in [0, 0.05) is 6.54 Å². The topological polar surface area (TPSA) is 47.3 Å². The van der Waals surface area contributed by atoms with Gasteiger partial charge in [-0.15, -0.1) is 0 Å². The first-order valence-electron chi connectivity index (χ1n) is 7.57. The molecule has 0 amide bonds. The molecule has 1 unspecified atom stereocenters. The molecule has 0 fully saturated rings. The average molecular weight is 286 g/mol. The minimum atomic E-state index is -0.707. The zero-order valence-electron chi connectivity index (χ0n) is 12.5. The predicted molar refractivity (Wildman–Crippen MR) is 81.3 cm³/mol. The minimum Gasteiger partial charge on any atom is -0.497 e. The van der Waals surface area contributed by atoms with Gasteiger partial charge in [0.1, 0.15) is 11.4 Å². The van der Waals surface area contributed by atoms with Gasteiger partial charge in [0.15, 0.2) is 0 Å². The highest BCUT2D eigenvalue weighted by molar-refractivity contribution is 5.27. The first-order valence-corrected chi connectivity index (χ1v) is 7.57. The highest BCUT2D eigenvalue weighted by Crippen LogP contribution is 2.35. The molecule has 1 N–H and O–H groups in total. The molecule has 0 bridgehead atoms. The van der Waals surface area contributed by atoms with Crippen LogP contribution in [0.5, 0.6) is 5.75 Å². The van der Waals surface area contributed by atoms with Crippen molar-refractivity contribution >= 4 is 0 Å². The second-order valence-corrected chi connectivity index (χ2v) is 5.81. The van der Waals surface area contributed by atoms with Crippen LogP contribution in [-0.4, -0.2) is 21.8 Å². The molecule has 1 aliphatic rings. The third kappa shape index (κ3) is 2.95. The van der Waals surface area contributed by atoms with E-state index in [-0.39, 0.29) is 0 Å². The van der Waals surface area contributed by atoms with Gasteiger partial charge in [0.25, 0.3) is 0 Å². The Morgan fingerprint density at radius 1 is 1.33 bits per heavy atom. The lowest BCUT2D eigenvalue weighted by molar-refractivity contribution is -0.00453. The number of aryl methyl sites for hydroxylation is 2. The highest BCUT2D eigenvalue weighted by atomic mass is 16.5. The van der Waals surface area contributed by atoms with Crippen LogP contribution in [0.1, 0.15) is 36.9 Å². The zero-order valence-corrected chi connectivity index (χ0v) is 12.5. The number of ether oxygens (including phenoxy) is 1. The van der Waals surface area contributed by atoms with Gasteiger partial charge in [-0.2, -0.15) is 0 Å². The fraction of sp³-hybridized carbons (Fsp3) is 0.471. The zero-order chi connectivity index (χ0) is 14.7. The Hall–Kier alpha value is -1.81. The van der Waals surface area contributed by atoms with Crippen molar-refractivity contribution in [3.8, 4) is 5.75 Å². The van der Waals surface area contributed by atoms with Crippen molar-refractivity contribution in [1.29, 1.82) is 0 Å². The lowest BCUT2D eigenvalue weighted by atomic mass is 9.85. The molecule has 0 saturated carbocycles. The van der Waals surface area contributed by atoms with Crippen molar-refractivity contribution in [3.05, 3.63) is 48.0 Å². The summed E-state index contributed by atoms with van der Waals surface area (Å²) in [5.41, 5.74) is 1.55. The molecule has 1 aromatic heterocycles. The summed E-state index contributed by atoms with van der Waals surface area (Å²) in [5, 5.41) is 10.9. The summed E-state index contributed by atoms with van der Waals surface area (Å²) < 4.78 is 7.25. The van der Waals surface area contributed by atoms with Crippen LogP contribution in [0, 0.1) is 0 Å². The molecule has 0 saturated heterocycles. The summed E-state index contributed by atoms with van der Waals surface area (Å²) in [7, 11) is 1.68. The van der Waals surface area contributed by atoms with E-state index >= 15 is 0 Å². The maximum atomic E-state index is 10.9. The number of hydrogen-bond donors (Lipinski definition) is 1. The Morgan fingerprint density at radius 2 is 2.14 bits per heavy atom. The Balaban J connectivity index is 1.60. The van der Waals surface area contributed by atoms with Crippen molar-refractivity contribution < 1.29 is 9.84 Å². The molecule has 4 heteroatoms. The van der Waals surface area contributed by atoms with Crippen LogP contribution in [0.25, 0.3) is 0 Å². The highest BCUT2D eigenvalue weighted by Gasteiger charge is 2.34. The summed E-state index contributed by atoms with van der Waals surface area (Å²) in [5.74, 6) is 0.883. The molecule has 1 atom stereocenters. The molecule has 0 spiro atoms. The van der Waals surface area contributed by atoms with Crippen LogP contribution in [0.4, 0.5) is 0 Å². The first kappa shape index (κ1) is 14.1. The van der Waals surface area contributed by atoms with Gasteiger partial charge in [-0.25, -0.2) is 4.98 Å². The molecular weight excluding hydrogens is 264 g/mol. The molecule has 0 radical (unpaired) electrons. The summed E-state index contributed by atoms with van der Waals surface area (Å²) in [6.07, 6.45) is 8.21. The average Bonchev–Trinajstić information content (AvgIpc) is 2.98. The van der Waals surface area contributed by atoms with E-state index in [9.17, 15) is 5.11 Å². The van der Waals surface area contributed by atoms with E-state index < -0.39 is 5.60 Å². The SMILES string of the molecule is COc1ccc(CCCC2(O)CCCn3cncc32)cc1. The van der Waals surface area contributed by atoms with E-state index in [0.717, 1.165) is 50.1 Å². The second-order valence-electron chi connectivity index (χ2n) is 5.81. The number of hydrogen-bond acceptors (Lipinski definition) is 3. The van der Waals surface area contributed by atoms with Gasteiger partial charge in [-0.1, -0.05) is 12.1 Å². The third-order valence-corrected chi connectivity index (χ3v) is 4.39. The maximum absolute atomic E-state index is 10.9. The van der Waals surface area contributed by atoms with E-state index in [4.69, 9.17) is 4.74 Å². The monoisotopic (exact) mass is 286 g/mol. The number of imidazole rings is 1. The van der Waals surface area contributed by atoms with Crippen LogP contribution < -0.4 is 4.74 Å². The maximum Gasteiger partial charge on any atom is 0.118 e. The molecule has 2 aromatic rings. The largest absolute Gasteiger partial charge is 0.497 e. The number of fused-ring (bicyclic) bond motifs is 1. The minimum absolute atomic E-state index is 0.707. The van der Waals surface area contributed by atoms with Crippen molar-refractivity contribution in [3.63, 3.8) is 0 Å². The lowest BCUT2D eigenvalue weighted by Crippen LogP contribution is -2.33. The molecule has 1 aromatic carbocycles. The van der Waals surface area contributed by atoms with Gasteiger partial charge >= 0.3 is 0 Å². The van der Waals surface area contributed by atoms with Crippen molar-refractivity contribution in [1.82, 2.24) is 9.55 Å². The van der Waals surface area contributed by atoms with Gasteiger partial charge < -0.3 is 14.4 Å². The summed E-state index contributed by atoms with van der Waals surface area (Å²) in [4.78, 5) is 4.17. The van der Waals surface area contributed by atoms with E-state index in [2.05, 4.69) is 21.7 Å². The van der Waals surface area contributed by atoms with E-state index in [0.29, 0.717) is 0 Å². The third-order valence-electron chi connectivity index (χ3n) is 4.39. The number of nitrogens with zero attached hydrogens (tertiary/aromatic N) is 2. The Morgan fingerprint density at radius 3 is 2.90 bits per heavy atom. The standard InChI is InChI=1S/C17H22N2O2/c1-21-15-7-5-14(6-8-15)4-2-9-17(20)10-3-11-19-13-18-12-16(17)19/h5-8,12-13,20H,2-4,9-11H2,1H3. The number of benzene rings is 1. The Kier molecular flexibility index (Phi) is 3.97. The van der Waals surface area contributed by atoms with Gasteiger partial charge in [-0.05, 0) is 49.8 Å². The predicted octanol–water partition coefficient (Wildman–Crippen LogP) is 2.90. The molecule has 0 aliphatic carbocycles. The first-order chi connectivity index (χ1) is 10.2. The molecule has 3 rings (SSSR count). The number of aliphatic hydroxyl groups is 1. The fourth-order valence-corrected chi connectivity index (χ4v) is 3.19. The lowest BCUT2D eigenvalue weighted by Gasteiger charge is -2.33. The van der Waals surface area contributed by atoms with E-state index in [1.807, 2.05) is 24.7 Å². The van der Waals surface area contributed by atoms with Crippen molar-refractivity contribution in [2.75, 3.05) is 7.11 Å². The van der Waals surface area contributed by atoms with Gasteiger partial charge in [-0.3, -0.25) is 0 Å². The van der Waals surface area contributed by atoms with Crippen LogP contribution in [0.15, 0.2) is 36.8 Å². The van der Waals surface area contributed by atoms with E-state index in [1.54, 1.807) is 7.11 Å². The van der Waals surface area contributed by atoms with Crippen molar-refractivity contribution in [2.24, 2.45) is 0 Å². The van der Waals surface area contributed by atoms with Crippen LogP contribution in [0.2, 0.25) is 0 Å².